The Hall–Kier alpha value is -2.41. The number of nitrogens with one attached hydrogen (secondary N) is 1. The fourth-order valence-electron chi connectivity index (χ4n) is 1.95. The number of hydrogen-bond donors (Lipinski definition) is 2. The predicted molar refractivity (Wildman–Crippen MR) is 72.4 cm³/mol. The third kappa shape index (κ3) is 1.92. The molecule has 0 aliphatic heterocycles. The van der Waals surface area contributed by atoms with Crippen LogP contribution in [0.1, 0.15) is 0 Å². The van der Waals surface area contributed by atoms with Gasteiger partial charge in [-0.25, -0.2) is 12.8 Å². The number of nitrogens with zero attached hydrogens (tertiary/aromatic N) is 1. The number of hydrogen-bond acceptors (Lipinski definition) is 4. The van der Waals surface area contributed by atoms with Crippen LogP contribution in [0.25, 0.3) is 10.9 Å². The van der Waals surface area contributed by atoms with Crippen molar-refractivity contribution >= 4 is 26.6 Å². The van der Waals surface area contributed by atoms with Gasteiger partial charge >= 0.3 is 0 Å². The highest BCUT2D eigenvalue weighted by Crippen LogP contribution is 2.26. The maximum atomic E-state index is 13.2. The third-order valence-electron chi connectivity index (χ3n) is 2.98. The number of aromatic amines is 1. The van der Waals surface area contributed by atoms with E-state index < -0.39 is 15.7 Å². The summed E-state index contributed by atoms with van der Waals surface area (Å²) in [5, 5.41) is 7.01. The molecular weight excluding hydrogens is 281 g/mol. The second-order valence-corrected chi connectivity index (χ2v) is 6.23. The van der Waals surface area contributed by atoms with Crippen LogP contribution in [0.3, 0.4) is 0 Å². The summed E-state index contributed by atoms with van der Waals surface area (Å²) in [5.41, 5.74) is 6.29. The molecule has 5 nitrogen and oxygen atoms in total. The predicted octanol–water partition coefficient (Wildman–Crippen LogP) is 2.12. The standard InChI is InChI=1S/C13H10FN3O2S/c14-8-2-1-3-9(6-8)20(18,19)10-4-5-12-11(7-10)13(15)17-16-12/h1-7H,(H3,15,16,17). The van der Waals surface area contributed by atoms with Crippen molar-refractivity contribution in [2.75, 3.05) is 5.73 Å². The molecule has 1 aromatic heterocycles. The van der Waals surface area contributed by atoms with Gasteiger partial charge in [-0.3, -0.25) is 5.10 Å². The van der Waals surface area contributed by atoms with Gasteiger partial charge in [0.15, 0.2) is 5.82 Å². The Morgan fingerprint density at radius 3 is 2.60 bits per heavy atom. The molecule has 0 spiro atoms. The smallest absolute Gasteiger partial charge is 0.206 e. The van der Waals surface area contributed by atoms with Crippen molar-refractivity contribution in [1.82, 2.24) is 10.2 Å². The zero-order valence-corrected chi connectivity index (χ0v) is 11.0. The van der Waals surface area contributed by atoms with Crippen molar-refractivity contribution < 1.29 is 12.8 Å². The van der Waals surface area contributed by atoms with Crippen LogP contribution in [-0.2, 0) is 9.84 Å². The number of aromatic nitrogens is 2. The van der Waals surface area contributed by atoms with E-state index in [-0.39, 0.29) is 15.6 Å². The van der Waals surface area contributed by atoms with E-state index in [4.69, 9.17) is 5.73 Å². The molecule has 3 N–H and O–H groups in total. The van der Waals surface area contributed by atoms with Crippen molar-refractivity contribution in [1.29, 1.82) is 0 Å². The molecule has 0 saturated carbocycles. The minimum Gasteiger partial charge on any atom is -0.382 e. The van der Waals surface area contributed by atoms with Crippen LogP contribution >= 0.6 is 0 Å². The number of fused-ring (bicyclic) bond motifs is 1. The normalized spacial score (nSPS) is 11.8. The SMILES string of the molecule is Nc1n[nH]c2ccc(S(=O)(=O)c3cccc(F)c3)cc12. The summed E-state index contributed by atoms with van der Waals surface area (Å²) < 4.78 is 38.0. The lowest BCUT2D eigenvalue weighted by Gasteiger charge is -2.05. The Morgan fingerprint density at radius 1 is 1.10 bits per heavy atom. The zero-order valence-electron chi connectivity index (χ0n) is 10.2. The van der Waals surface area contributed by atoms with Crippen LogP contribution < -0.4 is 5.73 Å². The van der Waals surface area contributed by atoms with Gasteiger partial charge in [0.2, 0.25) is 9.84 Å². The summed E-state index contributed by atoms with van der Waals surface area (Å²) in [5.74, 6) is -0.383. The molecule has 3 aromatic rings. The van der Waals surface area contributed by atoms with Gasteiger partial charge in [0, 0.05) is 5.39 Å². The molecule has 0 radical (unpaired) electrons. The van der Waals surface area contributed by atoms with E-state index in [1.807, 2.05) is 0 Å². The first-order chi connectivity index (χ1) is 9.48. The highest BCUT2D eigenvalue weighted by atomic mass is 32.2. The Balaban J connectivity index is 2.20. The van der Waals surface area contributed by atoms with Crippen LogP contribution in [0.15, 0.2) is 52.3 Å². The highest BCUT2D eigenvalue weighted by molar-refractivity contribution is 7.91. The largest absolute Gasteiger partial charge is 0.382 e. The molecule has 0 amide bonds. The van der Waals surface area contributed by atoms with Crippen LogP contribution in [-0.4, -0.2) is 18.6 Å². The van der Waals surface area contributed by atoms with Crippen LogP contribution in [0.4, 0.5) is 10.2 Å². The van der Waals surface area contributed by atoms with Crippen LogP contribution in [0.5, 0.6) is 0 Å². The second kappa shape index (κ2) is 4.31. The summed E-state index contributed by atoms with van der Waals surface area (Å²) in [4.78, 5) is -0.0531. The molecule has 3 rings (SSSR count). The van der Waals surface area contributed by atoms with Crippen LogP contribution in [0.2, 0.25) is 0 Å². The first-order valence-corrected chi connectivity index (χ1v) is 7.21. The molecule has 20 heavy (non-hydrogen) atoms. The van der Waals surface area contributed by atoms with E-state index in [1.165, 1.54) is 30.3 Å². The second-order valence-electron chi connectivity index (χ2n) is 4.28. The lowest BCUT2D eigenvalue weighted by molar-refractivity contribution is 0.591. The monoisotopic (exact) mass is 291 g/mol. The average molecular weight is 291 g/mol. The first kappa shape index (κ1) is 12.6. The fraction of sp³-hybridized carbons (Fsp3) is 0. The molecule has 0 aliphatic carbocycles. The summed E-state index contributed by atoms with van der Waals surface area (Å²) in [6.45, 7) is 0. The van der Waals surface area contributed by atoms with Gasteiger partial charge in [0.05, 0.1) is 15.3 Å². The molecule has 0 atom stereocenters. The van der Waals surface area contributed by atoms with E-state index in [0.717, 1.165) is 6.07 Å². The number of rotatable bonds is 2. The topological polar surface area (TPSA) is 88.8 Å². The molecule has 0 bridgehead atoms. The minimum atomic E-state index is -3.78. The molecule has 102 valence electrons. The van der Waals surface area contributed by atoms with E-state index in [2.05, 4.69) is 10.2 Å². The van der Waals surface area contributed by atoms with E-state index in [9.17, 15) is 12.8 Å². The Kier molecular flexibility index (Phi) is 2.72. The summed E-state index contributed by atoms with van der Waals surface area (Å²) >= 11 is 0. The highest BCUT2D eigenvalue weighted by Gasteiger charge is 2.19. The Labute approximate surface area is 114 Å². The maximum absolute atomic E-state index is 13.2. The number of nitrogen functional groups attached to an aromatic ring is 1. The number of halogens is 1. The van der Waals surface area contributed by atoms with E-state index in [1.54, 1.807) is 6.07 Å². The molecule has 7 heteroatoms. The number of H-pyrrole nitrogens is 1. The number of benzene rings is 2. The Bertz CT molecular complexity index is 903. The van der Waals surface area contributed by atoms with Crippen molar-refractivity contribution in [2.45, 2.75) is 9.79 Å². The first-order valence-electron chi connectivity index (χ1n) is 5.73. The van der Waals surface area contributed by atoms with Gasteiger partial charge in [-0.2, -0.15) is 5.10 Å². The molecule has 0 fully saturated rings. The van der Waals surface area contributed by atoms with Gasteiger partial charge in [-0.1, -0.05) is 6.07 Å². The van der Waals surface area contributed by atoms with Gasteiger partial charge in [0.25, 0.3) is 0 Å². The minimum absolute atomic E-state index is 0.0451. The lowest BCUT2D eigenvalue weighted by atomic mass is 10.2. The quantitative estimate of drug-likeness (QED) is 0.757. The van der Waals surface area contributed by atoms with Crippen molar-refractivity contribution in [2.24, 2.45) is 0 Å². The fourth-order valence-corrected chi connectivity index (χ4v) is 3.27. The van der Waals surface area contributed by atoms with Crippen molar-refractivity contribution in [3.63, 3.8) is 0 Å². The van der Waals surface area contributed by atoms with E-state index >= 15 is 0 Å². The number of anilines is 1. The molecule has 0 unspecified atom stereocenters. The average Bonchev–Trinajstić information content (AvgIpc) is 2.80. The summed E-state index contributed by atoms with van der Waals surface area (Å²) in [7, 11) is -3.78. The van der Waals surface area contributed by atoms with Gasteiger partial charge < -0.3 is 5.73 Å². The molecule has 2 aromatic carbocycles. The molecular formula is C13H10FN3O2S. The van der Waals surface area contributed by atoms with Gasteiger partial charge in [-0.05, 0) is 36.4 Å². The summed E-state index contributed by atoms with van der Waals surface area (Å²) in [6.07, 6.45) is 0. The summed E-state index contributed by atoms with van der Waals surface area (Å²) in [6, 6.07) is 9.31. The Morgan fingerprint density at radius 2 is 1.85 bits per heavy atom. The number of nitrogens with two attached hydrogens (primary N) is 1. The van der Waals surface area contributed by atoms with Crippen LogP contribution in [0, 0.1) is 5.82 Å². The molecule has 0 saturated heterocycles. The van der Waals surface area contributed by atoms with Crippen molar-refractivity contribution in [3.05, 3.63) is 48.3 Å². The molecule has 1 heterocycles. The zero-order chi connectivity index (χ0) is 14.3. The third-order valence-corrected chi connectivity index (χ3v) is 4.73. The maximum Gasteiger partial charge on any atom is 0.206 e. The lowest BCUT2D eigenvalue weighted by Crippen LogP contribution is -2.02. The molecule has 0 aliphatic rings. The van der Waals surface area contributed by atoms with E-state index in [0.29, 0.717) is 10.9 Å². The number of sulfone groups is 1. The van der Waals surface area contributed by atoms with Gasteiger partial charge in [-0.15, -0.1) is 0 Å². The van der Waals surface area contributed by atoms with Crippen molar-refractivity contribution in [3.8, 4) is 0 Å². The van der Waals surface area contributed by atoms with Gasteiger partial charge in [0.1, 0.15) is 5.82 Å².